The van der Waals surface area contributed by atoms with Gasteiger partial charge in [0.15, 0.2) is 0 Å². The van der Waals surface area contributed by atoms with Crippen molar-refractivity contribution in [3.8, 4) is 0 Å². The Hall–Kier alpha value is 0.230. The molecular formula is C10H17F6INO-. The number of hydrogen-bond acceptors (Lipinski definition) is 2. The molecular weight excluding hydrogens is 391 g/mol. The van der Waals surface area contributed by atoms with Crippen LogP contribution in [0, 0.1) is 0 Å². The Morgan fingerprint density at radius 2 is 1.47 bits per heavy atom. The Labute approximate surface area is 118 Å². The fourth-order valence-corrected chi connectivity index (χ4v) is 4.07. The van der Waals surface area contributed by atoms with E-state index in [0.717, 1.165) is 10.0 Å². The van der Waals surface area contributed by atoms with Crippen LogP contribution < -0.4 is 21.5 Å². The first-order chi connectivity index (χ1) is 8.43. The minimum absolute atomic E-state index is 0.0446. The standard InChI is InChI=1S/C10H17F6INO/c1-4-6-17-18(5-2)7(3)8(19,9(11,12)13)10(14,15)16/h7,19H,4-6H2,1-3H3/q-1. The molecule has 0 aromatic carbocycles. The summed E-state index contributed by atoms with van der Waals surface area (Å²) in [6, 6.07) is -2.04. The molecule has 0 aliphatic carbocycles. The van der Waals surface area contributed by atoms with Gasteiger partial charge in [-0.25, -0.2) is 0 Å². The summed E-state index contributed by atoms with van der Waals surface area (Å²) >= 11 is -0.971. The van der Waals surface area contributed by atoms with Gasteiger partial charge in [-0.3, -0.25) is 0 Å². The zero-order chi connectivity index (χ0) is 15.5. The molecule has 0 aliphatic rings. The average Bonchev–Trinajstić information content (AvgIpc) is 2.25. The van der Waals surface area contributed by atoms with Crippen molar-refractivity contribution >= 4 is 0 Å². The van der Waals surface area contributed by atoms with E-state index >= 15 is 0 Å². The van der Waals surface area contributed by atoms with Gasteiger partial charge in [0.25, 0.3) is 0 Å². The van der Waals surface area contributed by atoms with E-state index in [0.29, 0.717) is 10.8 Å². The molecule has 9 heteroatoms. The fourth-order valence-electron chi connectivity index (χ4n) is 1.49. The van der Waals surface area contributed by atoms with Crippen molar-refractivity contribution in [2.45, 2.75) is 51.2 Å². The molecule has 1 N–H and O–H groups in total. The zero-order valence-corrected chi connectivity index (χ0v) is 12.9. The van der Waals surface area contributed by atoms with Gasteiger partial charge in [-0.05, 0) is 0 Å². The molecule has 0 radical (unpaired) electrons. The van der Waals surface area contributed by atoms with E-state index < -0.39 is 45.5 Å². The summed E-state index contributed by atoms with van der Waals surface area (Å²) in [7, 11) is 0. The van der Waals surface area contributed by atoms with Crippen molar-refractivity contribution in [3.05, 3.63) is 0 Å². The molecule has 1 unspecified atom stereocenters. The number of likely N-dealkylation sites (N-methyl/N-ethyl adjacent to an activating group) is 1. The summed E-state index contributed by atoms with van der Waals surface area (Å²) in [5.74, 6) is 0. The molecule has 0 fully saturated rings. The van der Waals surface area contributed by atoms with E-state index in [1.165, 1.54) is 6.92 Å². The van der Waals surface area contributed by atoms with Crippen LogP contribution in [0.3, 0.4) is 0 Å². The summed E-state index contributed by atoms with van der Waals surface area (Å²) in [6.07, 6.45) is -10.8. The van der Waals surface area contributed by atoms with Gasteiger partial charge in [-0.15, -0.1) is 0 Å². The Balaban J connectivity index is 5.39. The van der Waals surface area contributed by atoms with E-state index in [2.05, 4.69) is 0 Å². The summed E-state index contributed by atoms with van der Waals surface area (Å²) in [4.78, 5) is 0. The third-order valence-corrected chi connectivity index (χ3v) is 6.57. The molecule has 0 bridgehead atoms. The maximum absolute atomic E-state index is 12.7. The topological polar surface area (TPSA) is 23.5 Å². The number of halogens is 7. The van der Waals surface area contributed by atoms with Gasteiger partial charge in [-0.2, -0.15) is 0 Å². The molecule has 0 amide bonds. The van der Waals surface area contributed by atoms with Crippen LogP contribution in [0.1, 0.15) is 27.2 Å². The van der Waals surface area contributed by atoms with Gasteiger partial charge in [0.05, 0.1) is 0 Å². The Bertz CT molecular complexity index is 266. The SMILES string of the molecule is CCC[I-]N(CC)C(C)C(O)(C(F)(F)F)C(F)(F)F. The minimum atomic E-state index is -5.76. The van der Waals surface area contributed by atoms with Crippen LogP contribution in [0.25, 0.3) is 0 Å². The first-order valence-corrected chi connectivity index (χ1v) is 8.14. The van der Waals surface area contributed by atoms with E-state index in [4.69, 9.17) is 0 Å². The van der Waals surface area contributed by atoms with Crippen molar-refractivity contribution in [1.82, 2.24) is 3.11 Å². The van der Waals surface area contributed by atoms with E-state index in [1.807, 2.05) is 0 Å². The number of nitrogens with zero attached hydrogens (tertiary/aromatic N) is 1. The average molecular weight is 408 g/mol. The van der Waals surface area contributed by atoms with Crippen molar-refractivity contribution in [3.63, 3.8) is 0 Å². The first-order valence-electron chi connectivity index (χ1n) is 5.65. The summed E-state index contributed by atoms with van der Waals surface area (Å²) in [5, 5.41) is 9.28. The van der Waals surface area contributed by atoms with Crippen LogP contribution in [0.5, 0.6) is 0 Å². The Morgan fingerprint density at radius 1 is 1.05 bits per heavy atom. The molecule has 0 saturated heterocycles. The molecule has 0 saturated carbocycles. The third-order valence-electron chi connectivity index (χ3n) is 2.62. The Morgan fingerprint density at radius 3 is 1.74 bits per heavy atom. The molecule has 0 aromatic heterocycles. The number of alkyl halides is 7. The van der Waals surface area contributed by atoms with Crippen LogP contribution in [0.4, 0.5) is 26.3 Å². The molecule has 0 spiro atoms. The normalized spacial score (nSPS) is 16.2. The van der Waals surface area contributed by atoms with Crippen molar-refractivity contribution in [2.75, 3.05) is 11.0 Å². The quantitative estimate of drug-likeness (QED) is 0.289. The van der Waals surface area contributed by atoms with E-state index in [9.17, 15) is 31.4 Å². The monoisotopic (exact) mass is 408 g/mol. The summed E-state index contributed by atoms with van der Waals surface area (Å²) in [5.41, 5.74) is -4.69. The molecule has 2 nitrogen and oxygen atoms in total. The molecule has 0 rings (SSSR count). The van der Waals surface area contributed by atoms with E-state index in [1.54, 1.807) is 6.92 Å². The molecule has 0 heterocycles. The first kappa shape index (κ1) is 19.2. The zero-order valence-electron chi connectivity index (χ0n) is 10.7. The summed E-state index contributed by atoms with van der Waals surface area (Å²) < 4.78 is 77.8. The van der Waals surface area contributed by atoms with Crippen molar-refractivity contribution < 1.29 is 52.9 Å². The summed E-state index contributed by atoms with van der Waals surface area (Å²) in [6.45, 7) is 4.11. The fraction of sp³-hybridized carbons (Fsp3) is 1.00. The maximum atomic E-state index is 12.7. The van der Waals surface area contributed by atoms with Gasteiger partial charge in [0.2, 0.25) is 0 Å². The third kappa shape index (κ3) is 4.10. The molecule has 1 atom stereocenters. The van der Waals surface area contributed by atoms with Gasteiger partial charge in [0.1, 0.15) is 0 Å². The molecule has 118 valence electrons. The van der Waals surface area contributed by atoms with Gasteiger partial charge >= 0.3 is 118 Å². The van der Waals surface area contributed by atoms with Gasteiger partial charge in [0, 0.05) is 0 Å². The predicted octanol–water partition coefficient (Wildman–Crippen LogP) is -0.0335. The number of aliphatic hydroxyl groups is 1. The number of hydrogen-bond donors (Lipinski definition) is 1. The second kappa shape index (κ2) is 6.79. The molecule has 19 heavy (non-hydrogen) atoms. The number of rotatable bonds is 6. The van der Waals surface area contributed by atoms with Gasteiger partial charge < -0.3 is 0 Å². The van der Waals surface area contributed by atoms with Crippen molar-refractivity contribution in [2.24, 2.45) is 0 Å². The van der Waals surface area contributed by atoms with Crippen LogP contribution in [-0.4, -0.2) is 43.2 Å². The predicted molar refractivity (Wildman–Crippen MR) is 54.1 cm³/mol. The molecule has 0 aliphatic heterocycles. The van der Waals surface area contributed by atoms with E-state index in [-0.39, 0.29) is 6.54 Å². The van der Waals surface area contributed by atoms with Crippen molar-refractivity contribution in [1.29, 1.82) is 0 Å². The van der Waals surface area contributed by atoms with Crippen LogP contribution in [-0.2, 0) is 0 Å². The van der Waals surface area contributed by atoms with Crippen LogP contribution >= 0.6 is 0 Å². The second-order valence-corrected chi connectivity index (χ2v) is 6.96. The van der Waals surface area contributed by atoms with Crippen LogP contribution in [0.2, 0.25) is 0 Å². The van der Waals surface area contributed by atoms with Crippen LogP contribution in [0.15, 0.2) is 0 Å². The Kier molecular flexibility index (Phi) is 6.87. The van der Waals surface area contributed by atoms with Gasteiger partial charge in [-0.1, -0.05) is 0 Å². The second-order valence-electron chi connectivity index (χ2n) is 3.96. The molecule has 0 aromatic rings.